The van der Waals surface area contributed by atoms with Crippen LogP contribution in [0.3, 0.4) is 0 Å². The third-order valence-electron chi connectivity index (χ3n) is 6.17. The quantitative estimate of drug-likeness (QED) is 0.779. The van der Waals surface area contributed by atoms with Gasteiger partial charge in [0, 0.05) is 25.9 Å². The Morgan fingerprint density at radius 2 is 1.04 bits per heavy atom. The first kappa shape index (κ1) is 18.9. The van der Waals surface area contributed by atoms with Gasteiger partial charge in [-0.1, -0.05) is 50.7 Å². The molecule has 0 aromatic heterocycles. The zero-order valence-corrected chi connectivity index (χ0v) is 16.2. The van der Waals surface area contributed by atoms with Gasteiger partial charge >= 0.3 is 0 Å². The molecule has 1 aromatic carbocycles. The van der Waals surface area contributed by atoms with Crippen molar-refractivity contribution in [1.29, 1.82) is 0 Å². The van der Waals surface area contributed by atoms with Crippen LogP contribution in [0, 0.1) is 11.8 Å². The van der Waals surface area contributed by atoms with Gasteiger partial charge in [-0.3, -0.25) is 9.59 Å². The lowest BCUT2D eigenvalue weighted by molar-refractivity contribution is -0.124. The molecule has 2 saturated carbocycles. The van der Waals surface area contributed by atoms with Crippen LogP contribution in [0.2, 0.25) is 0 Å². The van der Waals surface area contributed by atoms with Gasteiger partial charge in [0.05, 0.1) is 11.4 Å². The summed E-state index contributed by atoms with van der Waals surface area (Å²) in [4.78, 5) is 29.5. The van der Waals surface area contributed by atoms with Crippen molar-refractivity contribution in [3.63, 3.8) is 0 Å². The number of carbonyl (C=O) groups excluding carboxylic acids is 2. The topological polar surface area (TPSA) is 40.6 Å². The van der Waals surface area contributed by atoms with Gasteiger partial charge in [0.15, 0.2) is 0 Å². The van der Waals surface area contributed by atoms with Gasteiger partial charge in [-0.05, 0) is 37.8 Å². The maximum Gasteiger partial charge on any atom is 0.229 e. The van der Waals surface area contributed by atoms with Gasteiger partial charge in [0.2, 0.25) is 11.8 Å². The minimum Gasteiger partial charge on any atom is -0.313 e. The molecule has 26 heavy (non-hydrogen) atoms. The summed E-state index contributed by atoms with van der Waals surface area (Å²) in [5.74, 6) is 0.633. The van der Waals surface area contributed by atoms with Crippen LogP contribution in [0.25, 0.3) is 0 Å². The summed E-state index contributed by atoms with van der Waals surface area (Å²) in [7, 11) is 3.71. The fraction of sp³-hybridized carbons (Fsp3) is 0.636. The minimum absolute atomic E-state index is 0.126. The molecular formula is C22H32N2O2. The number of para-hydroxylation sites is 2. The van der Waals surface area contributed by atoms with Crippen LogP contribution in [-0.4, -0.2) is 25.9 Å². The van der Waals surface area contributed by atoms with Gasteiger partial charge in [-0.15, -0.1) is 0 Å². The van der Waals surface area contributed by atoms with Crippen LogP contribution < -0.4 is 9.80 Å². The lowest BCUT2D eigenvalue weighted by Crippen LogP contribution is -2.37. The Balaban J connectivity index is 1.78. The molecule has 0 N–H and O–H groups in total. The first-order valence-corrected chi connectivity index (χ1v) is 10.2. The van der Waals surface area contributed by atoms with E-state index in [0.717, 1.165) is 62.7 Å². The summed E-state index contributed by atoms with van der Waals surface area (Å²) in [5.41, 5.74) is 1.68. The molecule has 3 rings (SSSR count). The summed E-state index contributed by atoms with van der Waals surface area (Å²) < 4.78 is 0. The van der Waals surface area contributed by atoms with E-state index in [4.69, 9.17) is 0 Å². The number of carbonyl (C=O) groups is 2. The van der Waals surface area contributed by atoms with Crippen molar-refractivity contribution in [3.8, 4) is 0 Å². The smallest absolute Gasteiger partial charge is 0.229 e. The normalized spacial score (nSPS) is 19.2. The summed E-state index contributed by atoms with van der Waals surface area (Å²) >= 11 is 0. The standard InChI is InChI=1S/C22H32N2O2/c1-23(21(25)17-11-5-3-6-12-17)19-15-9-10-16-20(19)24(2)22(26)18-13-7-4-8-14-18/h9-10,15-18H,3-8,11-14H2,1-2H3. The Morgan fingerprint density at radius 3 is 1.38 bits per heavy atom. The van der Waals surface area contributed by atoms with Crippen molar-refractivity contribution < 1.29 is 9.59 Å². The van der Waals surface area contributed by atoms with Crippen LogP contribution in [0.4, 0.5) is 11.4 Å². The average molecular weight is 357 g/mol. The van der Waals surface area contributed by atoms with Gasteiger partial charge in [-0.25, -0.2) is 0 Å². The Morgan fingerprint density at radius 1 is 0.692 bits per heavy atom. The second-order valence-corrected chi connectivity index (χ2v) is 7.95. The second-order valence-electron chi connectivity index (χ2n) is 7.95. The number of benzene rings is 1. The monoisotopic (exact) mass is 356 g/mol. The van der Waals surface area contributed by atoms with E-state index in [1.165, 1.54) is 12.8 Å². The van der Waals surface area contributed by atoms with E-state index in [9.17, 15) is 9.59 Å². The molecule has 0 unspecified atom stereocenters. The van der Waals surface area contributed by atoms with E-state index >= 15 is 0 Å². The third kappa shape index (κ3) is 4.11. The lowest BCUT2D eigenvalue weighted by atomic mass is 9.88. The maximum atomic E-state index is 13.0. The molecule has 142 valence electrons. The van der Waals surface area contributed by atoms with Crippen LogP contribution in [0.1, 0.15) is 64.2 Å². The van der Waals surface area contributed by atoms with Crippen molar-refractivity contribution in [2.24, 2.45) is 11.8 Å². The predicted octanol–water partition coefficient (Wildman–Crippen LogP) is 4.77. The van der Waals surface area contributed by atoms with Gasteiger partial charge in [0.25, 0.3) is 0 Å². The highest BCUT2D eigenvalue weighted by Crippen LogP contribution is 2.34. The van der Waals surface area contributed by atoms with Crippen LogP contribution in [-0.2, 0) is 9.59 Å². The van der Waals surface area contributed by atoms with E-state index < -0.39 is 0 Å². The number of anilines is 2. The number of amides is 2. The first-order valence-electron chi connectivity index (χ1n) is 10.2. The Hall–Kier alpha value is -1.84. The molecule has 0 aliphatic heterocycles. The minimum atomic E-state index is 0.126. The molecule has 4 heteroatoms. The van der Waals surface area contributed by atoms with Gasteiger partial charge < -0.3 is 9.80 Å². The summed E-state index contributed by atoms with van der Waals surface area (Å²) in [6.07, 6.45) is 11.0. The zero-order valence-electron chi connectivity index (χ0n) is 16.2. The highest BCUT2D eigenvalue weighted by molar-refractivity contribution is 6.03. The molecule has 2 aliphatic rings. The van der Waals surface area contributed by atoms with Crippen molar-refractivity contribution in [2.75, 3.05) is 23.9 Å². The van der Waals surface area contributed by atoms with Crippen LogP contribution >= 0.6 is 0 Å². The molecule has 2 amide bonds. The van der Waals surface area contributed by atoms with Crippen LogP contribution in [0.5, 0.6) is 0 Å². The Labute approximate surface area is 157 Å². The van der Waals surface area contributed by atoms with E-state index in [-0.39, 0.29) is 23.7 Å². The summed E-state index contributed by atoms with van der Waals surface area (Å²) in [5, 5.41) is 0. The number of hydrogen-bond acceptors (Lipinski definition) is 2. The maximum absolute atomic E-state index is 13.0. The Bertz CT molecular complexity index is 576. The third-order valence-corrected chi connectivity index (χ3v) is 6.17. The van der Waals surface area contributed by atoms with Crippen molar-refractivity contribution in [1.82, 2.24) is 0 Å². The highest BCUT2D eigenvalue weighted by atomic mass is 16.2. The molecular weight excluding hydrogens is 324 g/mol. The second kappa shape index (κ2) is 8.70. The van der Waals surface area contributed by atoms with Gasteiger partial charge in [-0.2, -0.15) is 0 Å². The van der Waals surface area contributed by atoms with Crippen LogP contribution in [0.15, 0.2) is 24.3 Å². The average Bonchev–Trinajstić information content (AvgIpc) is 2.73. The SMILES string of the molecule is CN(C(=O)C1CCCCC1)c1ccccc1N(C)C(=O)C1CCCCC1. The fourth-order valence-electron chi connectivity index (χ4n) is 4.52. The molecule has 2 aliphatic carbocycles. The molecule has 0 heterocycles. The number of hydrogen-bond donors (Lipinski definition) is 0. The van der Waals surface area contributed by atoms with Gasteiger partial charge in [0.1, 0.15) is 0 Å². The van der Waals surface area contributed by atoms with E-state index in [1.54, 1.807) is 9.80 Å². The van der Waals surface area contributed by atoms with E-state index in [0.29, 0.717) is 0 Å². The molecule has 0 atom stereocenters. The summed E-state index contributed by atoms with van der Waals surface area (Å²) in [6.45, 7) is 0. The molecule has 0 spiro atoms. The lowest BCUT2D eigenvalue weighted by Gasteiger charge is -2.31. The highest BCUT2D eigenvalue weighted by Gasteiger charge is 2.29. The summed E-state index contributed by atoms with van der Waals surface area (Å²) in [6, 6.07) is 7.81. The molecule has 1 aromatic rings. The Kier molecular flexibility index (Phi) is 6.33. The first-order chi connectivity index (χ1) is 12.6. The van der Waals surface area contributed by atoms with Crippen molar-refractivity contribution >= 4 is 23.2 Å². The predicted molar refractivity (Wildman–Crippen MR) is 106 cm³/mol. The zero-order chi connectivity index (χ0) is 18.5. The molecule has 4 nitrogen and oxygen atoms in total. The van der Waals surface area contributed by atoms with E-state index in [2.05, 4.69) is 0 Å². The van der Waals surface area contributed by atoms with Crippen molar-refractivity contribution in [2.45, 2.75) is 64.2 Å². The number of nitrogens with zero attached hydrogens (tertiary/aromatic N) is 2. The molecule has 0 bridgehead atoms. The largest absolute Gasteiger partial charge is 0.313 e. The number of rotatable bonds is 4. The van der Waals surface area contributed by atoms with Crippen molar-refractivity contribution in [3.05, 3.63) is 24.3 Å². The molecule has 0 saturated heterocycles. The molecule has 0 radical (unpaired) electrons. The van der Waals surface area contributed by atoms with E-state index in [1.807, 2.05) is 38.4 Å². The fourth-order valence-corrected chi connectivity index (χ4v) is 4.52. The molecule has 2 fully saturated rings.